The Morgan fingerprint density at radius 3 is 2.73 bits per heavy atom. The number of nitrogens with zero attached hydrogens (tertiary/aromatic N) is 1. The first-order chi connectivity index (χ1) is 14.2. The van der Waals surface area contributed by atoms with Gasteiger partial charge < -0.3 is 19.5 Å². The summed E-state index contributed by atoms with van der Waals surface area (Å²) in [5, 5.41) is 8.83. The van der Waals surface area contributed by atoms with Crippen molar-refractivity contribution >= 4 is 6.09 Å². The van der Waals surface area contributed by atoms with Crippen LogP contribution in [-0.2, 0) is 9.47 Å². The summed E-state index contributed by atoms with van der Waals surface area (Å²) in [7, 11) is 0. The fourth-order valence-electron chi connectivity index (χ4n) is 4.11. The Morgan fingerprint density at radius 2 is 2.07 bits per heavy atom. The van der Waals surface area contributed by atoms with Crippen molar-refractivity contribution < 1.29 is 36.9 Å². The normalized spacial score (nSPS) is 27.5. The van der Waals surface area contributed by atoms with Crippen LogP contribution in [0.15, 0.2) is 35.7 Å². The van der Waals surface area contributed by atoms with Crippen molar-refractivity contribution in [3.63, 3.8) is 0 Å². The average Bonchev–Trinajstić information content (AvgIpc) is 3.14. The number of carbonyl (C=O) groups is 1. The van der Waals surface area contributed by atoms with Gasteiger partial charge in [-0.1, -0.05) is 18.2 Å². The summed E-state index contributed by atoms with van der Waals surface area (Å²) in [6, 6.07) is 0. The molecule has 1 aliphatic carbocycles. The van der Waals surface area contributed by atoms with Gasteiger partial charge in [0.05, 0.1) is 24.6 Å². The van der Waals surface area contributed by atoms with Gasteiger partial charge in [0.2, 0.25) is 6.10 Å². The summed E-state index contributed by atoms with van der Waals surface area (Å²) in [6.45, 7) is -0.401. The summed E-state index contributed by atoms with van der Waals surface area (Å²) in [5.74, 6) is -0.0393. The average molecular weight is 433 g/mol. The first kappa shape index (κ1) is 22.8. The molecule has 0 aromatic heterocycles. The lowest BCUT2D eigenvalue weighted by Crippen LogP contribution is -2.49. The smallest absolute Gasteiger partial charge is 0.427 e. The third kappa shape index (κ3) is 5.63. The van der Waals surface area contributed by atoms with E-state index in [2.05, 4.69) is 4.74 Å². The highest BCUT2D eigenvalue weighted by Gasteiger charge is 2.46. The van der Waals surface area contributed by atoms with Gasteiger partial charge in [-0.05, 0) is 50.2 Å². The number of aliphatic hydroxyl groups excluding tert-OH is 1. The lowest BCUT2D eigenvalue weighted by atomic mass is 9.83. The number of likely N-dealkylation sites (tertiary alicyclic amines) is 1. The van der Waals surface area contributed by atoms with Crippen molar-refractivity contribution in [1.29, 1.82) is 0 Å². The van der Waals surface area contributed by atoms with Crippen molar-refractivity contribution in [3.8, 4) is 0 Å². The molecule has 2 atom stereocenters. The molecule has 168 valence electrons. The molecule has 0 bridgehead atoms. The van der Waals surface area contributed by atoms with E-state index in [1.165, 1.54) is 11.0 Å². The monoisotopic (exact) mass is 433 g/mol. The maximum absolute atomic E-state index is 13.7. The quantitative estimate of drug-likeness (QED) is 0.669. The van der Waals surface area contributed by atoms with Gasteiger partial charge in [0.1, 0.15) is 0 Å². The molecule has 3 rings (SSSR count). The molecule has 5 nitrogen and oxygen atoms in total. The topological polar surface area (TPSA) is 59.0 Å². The summed E-state index contributed by atoms with van der Waals surface area (Å²) in [5.41, 5.74) is 0.554. The Labute approximate surface area is 173 Å². The number of hydrogen-bond donors (Lipinski definition) is 1. The molecule has 2 heterocycles. The number of alkyl halides is 3. The van der Waals surface area contributed by atoms with Gasteiger partial charge in [-0.2, -0.15) is 13.2 Å². The third-order valence-electron chi connectivity index (χ3n) is 5.94. The molecule has 0 radical (unpaired) electrons. The van der Waals surface area contributed by atoms with Crippen LogP contribution in [0.25, 0.3) is 0 Å². The second-order valence-corrected chi connectivity index (χ2v) is 8.05. The zero-order valence-electron chi connectivity index (χ0n) is 16.7. The molecule has 9 heteroatoms. The zero-order chi connectivity index (χ0) is 21.8. The number of piperidine rings is 1. The SMILES string of the molecule is O=C(O[C@H](CO)C(F)(F)F)N1CCC2(CC1)CC(C1=C/C=C(/F)CCCC=C1)CO2. The summed E-state index contributed by atoms with van der Waals surface area (Å²) in [6.07, 6.45) is 2.61. The number of allylic oxidation sites excluding steroid dienone is 5. The van der Waals surface area contributed by atoms with E-state index in [0.717, 1.165) is 18.4 Å². The van der Waals surface area contributed by atoms with Crippen LogP contribution in [0.2, 0.25) is 0 Å². The van der Waals surface area contributed by atoms with Gasteiger partial charge in [-0.15, -0.1) is 0 Å². The Morgan fingerprint density at radius 1 is 1.33 bits per heavy atom. The summed E-state index contributed by atoms with van der Waals surface area (Å²) < 4.78 is 62.3. The molecule has 1 amide bonds. The first-order valence-electron chi connectivity index (χ1n) is 10.2. The number of carbonyl (C=O) groups excluding carboxylic acids is 1. The Balaban J connectivity index is 1.57. The van der Waals surface area contributed by atoms with Crippen LogP contribution in [0.4, 0.5) is 22.4 Å². The molecule has 2 fully saturated rings. The highest BCUT2D eigenvalue weighted by atomic mass is 19.4. The predicted octanol–water partition coefficient (Wildman–Crippen LogP) is 4.44. The maximum atomic E-state index is 13.7. The van der Waals surface area contributed by atoms with E-state index >= 15 is 0 Å². The number of amides is 1. The largest absolute Gasteiger partial charge is 0.434 e. The molecular formula is C21H27F4NO4. The molecule has 1 spiro atoms. The number of rotatable bonds is 3. The van der Waals surface area contributed by atoms with E-state index in [0.29, 0.717) is 32.3 Å². The fourth-order valence-corrected chi connectivity index (χ4v) is 4.11. The first-order valence-corrected chi connectivity index (χ1v) is 10.2. The minimum absolute atomic E-state index is 0.103. The van der Waals surface area contributed by atoms with Crippen LogP contribution in [0.5, 0.6) is 0 Å². The van der Waals surface area contributed by atoms with Gasteiger partial charge in [0.25, 0.3) is 0 Å². The molecular weight excluding hydrogens is 406 g/mol. The van der Waals surface area contributed by atoms with Gasteiger partial charge in [0, 0.05) is 19.0 Å². The van der Waals surface area contributed by atoms with Crippen molar-refractivity contribution in [2.75, 3.05) is 26.3 Å². The van der Waals surface area contributed by atoms with Crippen LogP contribution in [0, 0.1) is 5.92 Å². The number of ether oxygens (including phenoxy) is 2. The minimum atomic E-state index is -4.81. The van der Waals surface area contributed by atoms with Gasteiger partial charge in [0.15, 0.2) is 0 Å². The van der Waals surface area contributed by atoms with Crippen LogP contribution >= 0.6 is 0 Å². The molecule has 2 aliphatic heterocycles. The van der Waals surface area contributed by atoms with Crippen LogP contribution < -0.4 is 0 Å². The standard InChI is InChI=1S/C21H27F4NO4/c22-17-5-3-1-2-4-15(6-7-17)16-12-20(29-14-16)8-10-26(11-9-20)19(28)30-18(13-27)21(23,24)25/h2,4,6-7,16,18,27H,1,3,5,8-14H2/b4-2?,15-6?,17-7+/t16?,18-/m1/s1. The van der Waals surface area contributed by atoms with Crippen molar-refractivity contribution in [3.05, 3.63) is 35.7 Å². The van der Waals surface area contributed by atoms with E-state index in [1.807, 2.05) is 12.2 Å². The summed E-state index contributed by atoms with van der Waals surface area (Å²) >= 11 is 0. The molecule has 0 saturated carbocycles. The van der Waals surface area contributed by atoms with E-state index in [9.17, 15) is 22.4 Å². The maximum Gasteiger partial charge on any atom is 0.427 e. The highest BCUT2D eigenvalue weighted by molar-refractivity contribution is 5.68. The third-order valence-corrected chi connectivity index (χ3v) is 5.94. The minimum Gasteiger partial charge on any atom is -0.434 e. The lowest BCUT2D eigenvalue weighted by molar-refractivity contribution is -0.215. The molecule has 3 aliphatic rings. The van der Waals surface area contributed by atoms with E-state index in [4.69, 9.17) is 9.84 Å². The van der Waals surface area contributed by atoms with Crippen molar-refractivity contribution in [2.45, 2.75) is 56.4 Å². The van der Waals surface area contributed by atoms with Crippen LogP contribution in [0.3, 0.4) is 0 Å². The highest BCUT2D eigenvalue weighted by Crippen LogP contribution is 2.42. The van der Waals surface area contributed by atoms with Crippen molar-refractivity contribution in [2.24, 2.45) is 5.92 Å². The van der Waals surface area contributed by atoms with Gasteiger partial charge >= 0.3 is 12.3 Å². The number of aliphatic hydroxyl groups is 1. The Bertz CT molecular complexity index is 708. The molecule has 1 unspecified atom stereocenters. The molecule has 2 saturated heterocycles. The second kappa shape index (κ2) is 9.51. The zero-order valence-corrected chi connectivity index (χ0v) is 16.7. The van der Waals surface area contributed by atoms with Gasteiger partial charge in [-0.25, -0.2) is 9.18 Å². The van der Waals surface area contributed by atoms with E-state index < -0.39 is 30.6 Å². The second-order valence-electron chi connectivity index (χ2n) is 8.05. The van der Waals surface area contributed by atoms with E-state index in [1.54, 1.807) is 6.08 Å². The van der Waals surface area contributed by atoms with Crippen LogP contribution in [-0.4, -0.2) is 60.3 Å². The fraction of sp³-hybridized carbons (Fsp3) is 0.667. The van der Waals surface area contributed by atoms with E-state index in [-0.39, 0.29) is 24.8 Å². The predicted molar refractivity (Wildman–Crippen MR) is 101 cm³/mol. The Hall–Kier alpha value is -1.87. The summed E-state index contributed by atoms with van der Waals surface area (Å²) in [4.78, 5) is 13.3. The number of hydrogen-bond acceptors (Lipinski definition) is 4. The Kier molecular flexibility index (Phi) is 7.23. The molecule has 1 N–H and O–H groups in total. The van der Waals surface area contributed by atoms with Crippen LogP contribution in [0.1, 0.15) is 38.5 Å². The van der Waals surface area contributed by atoms with Crippen molar-refractivity contribution in [1.82, 2.24) is 4.90 Å². The number of halogens is 4. The lowest BCUT2D eigenvalue weighted by Gasteiger charge is -2.38. The van der Waals surface area contributed by atoms with Gasteiger partial charge in [-0.3, -0.25) is 0 Å². The molecule has 0 aromatic rings. The molecule has 0 aromatic carbocycles. The molecule has 30 heavy (non-hydrogen) atoms.